The number of ketones is 1. The zero-order chi connectivity index (χ0) is 12.8. The summed E-state index contributed by atoms with van der Waals surface area (Å²) in [5, 5.41) is 0. The van der Waals surface area contributed by atoms with Crippen LogP contribution in [0.1, 0.15) is 29.8 Å². The first kappa shape index (κ1) is 13.8. The Bertz CT molecular complexity index is 384. The van der Waals surface area contributed by atoms with Gasteiger partial charge in [-0.25, -0.2) is 4.39 Å². The number of carbonyl (C=O) groups is 1. The smallest absolute Gasteiger partial charge is 0.222 e. The SMILES string of the molecule is CCOC(OCC)C(=O)c1ccc(F)cc1C. The summed E-state index contributed by atoms with van der Waals surface area (Å²) in [5.41, 5.74) is 1.01. The molecule has 0 saturated carbocycles. The van der Waals surface area contributed by atoms with Crippen molar-refractivity contribution in [1.29, 1.82) is 0 Å². The predicted octanol–water partition coefficient (Wildman–Crippen LogP) is 2.72. The molecule has 0 aliphatic heterocycles. The number of ether oxygens (including phenoxy) is 2. The molecule has 0 radical (unpaired) electrons. The van der Waals surface area contributed by atoms with Gasteiger partial charge in [0, 0.05) is 18.8 Å². The van der Waals surface area contributed by atoms with Gasteiger partial charge < -0.3 is 9.47 Å². The molecule has 0 aliphatic carbocycles. The third-order valence-corrected chi connectivity index (χ3v) is 2.30. The van der Waals surface area contributed by atoms with Crippen LogP contribution in [0, 0.1) is 12.7 Å². The zero-order valence-electron chi connectivity index (χ0n) is 10.3. The van der Waals surface area contributed by atoms with E-state index in [4.69, 9.17) is 9.47 Å². The van der Waals surface area contributed by atoms with Crippen LogP contribution < -0.4 is 0 Å². The minimum atomic E-state index is -0.908. The van der Waals surface area contributed by atoms with Crippen LogP contribution in [-0.4, -0.2) is 25.3 Å². The number of carbonyl (C=O) groups excluding carboxylic acids is 1. The van der Waals surface area contributed by atoms with Gasteiger partial charge in [-0.05, 0) is 44.5 Å². The van der Waals surface area contributed by atoms with Gasteiger partial charge in [-0.15, -0.1) is 0 Å². The average molecular weight is 240 g/mol. The standard InChI is InChI=1S/C13H17FO3/c1-4-16-13(17-5-2)12(15)11-7-6-10(14)8-9(11)3/h6-8,13H,4-5H2,1-3H3. The van der Waals surface area contributed by atoms with Crippen LogP contribution in [0.25, 0.3) is 0 Å². The summed E-state index contributed by atoms with van der Waals surface area (Å²) in [6.07, 6.45) is -0.908. The lowest BCUT2D eigenvalue weighted by Gasteiger charge is -2.16. The summed E-state index contributed by atoms with van der Waals surface area (Å²) in [6, 6.07) is 4.04. The number of halogens is 1. The molecule has 0 N–H and O–H groups in total. The van der Waals surface area contributed by atoms with E-state index in [1.165, 1.54) is 18.2 Å². The highest BCUT2D eigenvalue weighted by Gasteiger charge is 2.22. The number of benzene rings is 1. The van der Waals surface area contributed by atoms with Gasteiger partial charge in [0.25, 0.3) is 0 Å². The van der Waals surface area contributed by atoms with Crippen molar-refractivity contribution in [2.24, 2.45) is 0 Å². The maximum atomic E-state index is 12.9. The van der Waals surface area contributed by atoms with Crippen LogP contribution in [-0.2, 0) is 9.47 Å². The number of hydrogen-bond donors (Lipinski definition) is 0. The van der Waals surface area contributed by atoms with Crippen molar-refractivity contribution in [2.75, 3.05) is 13.2 Å². The van der Waals surface area contributed by atoms with Crippen LogP contribution in [0.5, 0.6) is 0 Å². The third kappa shape index (κ3) is 3.61. The van der Waals surface area contributed by atoms with Crippen molar-refractivity contribution in [2.45, 2.75) is 27.1 Å². The van der Waals surface area contributed by atoms with Gasteiger partial charge in [-0.1, -0.05) is 0 Å². The molecule has 3 nitrogen and oxygen atoms in total. The Labute approximate surface area is 101 Å². The van der Waals surface area contributed by atoms with E-state index >= 15 is 0 Å². The number of aryl methyl sites for hydroxylation is 1. The fraction of sp³-hybridized carbons (Fsp3) is 0.462. The molecule has 4 heteroatoms. The van der Waals surface area contributed by atoms with Crippen LogP contribution in [0.3, 0.4) is 0 Å². The zero-order valence-corrected chi connectivity index (χ0v) is 10.3. The van der Waals surface area contributed by atoms with E-state index in [-0.39, 0.29) is 11.6 Å². The molecule has 0 aliphatic rings. The Kier molecular flexibility index (Phi) is 5.25. The third-order valence-electron chi connectivity index (χ3n) is 2.30. The van der Waals surface area contributed by atoms with Gasteiger partial charge in [-0.3, -0.25) is 4.79 Å². The van der Waals surface area contributed by atoms with Gasteiger partial charge >= 0.3 is 0 Å². The summed E-state index contributed by atoms with van der Waals surface area (Å²) in [7, 11) is 0. The Balaban J connectivity index is 2.92. The number of rotatable bonds is 6. The normalized spacial score (nSPS) is 10.9. The van der Waals surface area contributed by atoms with Crippen molar-refractivity contribution in [3.63, 3.8) is 0 Å². The minimum absolute atomic E-state index is 0.272. The van der Waals surface area contributed by atoms with Gasteiger partial charge in [0.2, 0.25) is 12.1 Å². The van der Waals surface area contributed by atoms with Gasteiger partial charge in [0.1, 0.15) is 5.82 Å². The van der Waals surface area contributed by atoms with E-state index in [1.807, 2.05) is 0 Å². The second kappa shape index (κ2) is 6.47. The molecule has 0 unspecified atom stereocenters. The van der Waals surface area contributed by atoms with E-state index < -0.39 is 6.29 Å². The molecular weight excluding hydrogens is 223 g/mol. The molecule has 0 saturated heterocycles. The Morgan fingerprint density at radius 3 is 2.35 bits per heavy atom. The Morgan fingerprint density at radius 2 is 1.88 bits per heavy atom. The molecule has 0 spiro atoms. The minimum Gasteiger partial charge on any atom is -0.346 e. The fourth-order valence-electron chi connectivity index (χ4n) is 1.53. The molecule has 1 aromatic carbocycles. The molecule has 0 fully saturated rings. The molecule has 0 aromatic heterocycles. The molecule has 94 valence electrons. The molecule has 1 aromatic rings. The number of Topliss-reactive ketones (excluding diaryl/α,β-unsaturated/α-hetero) is 1. The lowest BCUT2D eigenvalue weighted by Crippen LogP contribution is -2.28. The van der Waals surface area contributed by atoms with Crippen molar-refractivity contribution >= 4 is 5.78 Å². The Hall–Kier alpha value is -1.26. The van der Waals surface area contributed by atoms with E-state index in [9.17, 15) is 9.18 Å². The summed E-state index contributed by atoms with van der Waals surface area (Å²) in [4.78, 5) is 12.1. The molecule has 17 heavy (non-hydrogen) atoms. The van der Waals surface area contributed by atoms with Crippen molar-refractivity contribution < 1.29 is 18.7 Å². The van der Waals surface area contributed by atoms with Crippen LogP contribution in [0.4, 0.5) is 4.39 Å². The van der Waals surface area contributed by atoms with Gasteiger partial charge in [-0.2, -0.15) is 0 Å². The lowest BCUT2D eigenvalue weighted by atomic mass is 10.0. The van der Waals surface area contributed by atoms with E-state index in [1.54, 1.807) is 20.8 Å². The maximum Gasteiger partial charge on any atom is 0.222 e. The van der Waals surface area contributed by atoms with E-state index in [0.29, 0.717) is 24.3 Å². The summed E-state index contributed by atoms with van der Waals surface area (Å²) in [6.45, 7) is 6.03. The van der Waals surface area contributed by atoms with Gasteiger partial charge in [0.05, 0.1) is 0 Å². The van der Waals surface area contributed by atoms with Crippen molar-refractivity contribution in [1.82, 2.24) is 0 Å². The monoisotopic (exact) mass is 240 g/mol. The molecule has 0 atom stereocenters. The van der Waals surface area contributed by atoms with Crippen LogP contribution >= 0.6 is 0 Å². The van der Waals surface area contributed by atoms with Crippen molar-refractivity contribution in [3.05, 3.63) is 35.1 Å². The topological polar surface area (TPSA) is 35.5 Å². The molecule has 1 rings (SSSR count). The lowest BCUT2D eigenvalue weighted by molar-refractivity contribution is -0.107. The fourth-order valence-corrected chi connectivity index (χ4v) is 1.53. The summed E-state index contributed by atoms with van der Waals surface area (Å²) < 4.78 is 23.4. The largest absolute Gasteiger partial charge is 0.346 e. The highest BCUT2D eigenvalue weighted by atomic mass is 19.1. The molecule has 0 heterocycles. The summed E-state index contributed by atoms with van der Waals surface area (Å²) >= 11 is 0. The molecular formula is C13H17FO3. The molecule has 0 amide bonds. The predicted molar refractivity (Wildman–Crippen MR) is 62.5 cm³/mol. The molecule has 0 bridgehead atoms. The first-order valence-electron chi connectivity index (χ1n) is 5.63. The quantitative estimate of drug-likeness (QED) is 0.566. The van der Waals surface area contributed by atoms with Crippen LogP contribution in [0.2, 0.25) is 0 Å². The van der Waals surface area contributed by atoms with Crippen LogP contribution in [0.15, 0.2) is 18.2 Å². The van der Waals surface area contributed by atoms with E-state index in [0.717, 1.165) is 0 Å². The first-order chi connectivity index (χ1) is 8.10. The average Bonchev–Trinajstić information content (AvgIpc) is 2.28. The highest BCUT2D eigenvalue weighted by Crippen LogP contribution is 2.14. The maximum absolute atomic E-state index is 12.9. The van der Waals surface area contributed by atoms with Gasteiger partial charge in [0.15, 0.2) is 0 Å². The second-order valence-electron chi connectivity index (χ2n) is 3.57. The number of hydrogen-bond acceptors (Lipinski definition) is 3. The second-order valence-corrected chi connectivity index (χ2v) is 3.57. The Morgan fingerprint density at radius 1 is 1.29 bits per heavy atom. The van der Waals surface area contributed by atoms with Crippen molar-refractivity contribution in [3.8, 4) is 0 Å². The first-order valence-corrected chi connectivity index (χ1v) is 5.63. The summed E-state index contributed by atoms with van der Waals surface area (Å²) in [5.74, 6) is -0.630. The van der Waals surface area contributed by atoms with E-state index in [2.05, 4.69) is 0 Å². The highest BCUT2D eigenvalue weighted by molar-refractivity contribution is 5.99.